The second-order valence-corrected chi connectivity index (χ2v) is 6.03. The minimum absolute atomic E-state index is 0.349. The highest BCUT2D eigenvalue weighted by atomic mass is 32.2. The van der Waals surface area contributed by atoms with Crippen LogP contribution in [0.2, 0.25) is 0 Å². The topological polar surface area (TPSA) is 39.2 Å². The highest BCUT2D eigenvalue weighted by molar-refractivity contribution is 8.00. The largest absolute Gasteiger partial charge is 0.468 e. The van der Waals surface area contributed by atoms with Crippen LogP contribution in [0.15, 0.2) is 21.6 Å². The molecule has 0 amide bonds. The van der Waals surface area contributed by atoms with Crippen molar-refractivity contribution in [2.24, 2.45) is 11.7 Å². The molecular formula is C13H21NOS. The van der Waals surface area contributed by atoms with Crippen molar-refractivity contribution in [1.82, 2.24) is 0 Å². The van der Waals surface area contributed by atoms with Gasteiger partial charge in [-0.3, -0.25) is 0 Å². The molecule has 3 heteroatoms. The first-order valence-corrected chi connectivity index (χ1v) is 7.05. The van der Waals surface area contributed by atoms with E-state index in [1.165, 1.54) is 30.6 Å². The highest BCUT2D eigenvalue weighted by Gasteiger charge is 2.28. The van der Waals surface area contributed by atoms with Crippen LogP contribution in [0.1, 0.15) is 38.4 Å². The quantitative estimate of drug-likeness (QED) is 0.876. The SMILES string of the molecule is CCC1CCC(N)C(Sc2ccoc2C)C1. The van der Waals surface area contributed by atoms with Crippen LogP contribution in [0.3, 0.4) is 0 Å². The van der Waals surface area contributed by atoms with E-state index in [2.05, 4.69) is 13.0 Å². The van der Waals surface area contributed by atoms with E-state index in [1.54, 1.807) is 6.26 Å². The number of furan rings is 1. The summed E-state index contributed by atoms with van der Waals surface area (Å²) in [5, 5.41) is 0.565. The molecule has 0 saturated heterocycles. The maximum atomic E-state index is 6.21. The van der Waals surface area contributed by atoms with E-state index < -0.39 is 0 Å². The van der Waals surface area contributed by atoms with Crippen LogP contribution in [0.5, 0.6) is 0 Å². The van der Waals surface area contributed by atoms with Crippen LogP contribution in [-0.2, 0) is 0 Å². The van der Waals surface area contributed by atoms with Crippen LogP contribution in [0.4, 0.5) is 0 Å². The number of rotatable bonds is 3. The summed E-state index contributed by atoms with van der Waals surface area (Å²) in [6, 6.07) is 2.41. The second kappa shape index (κ2) is 5.28. The Balaban J connectivity index is 1.99. The Morgan fingerprint density at radius 2 is 2.31 bits per heavy atom. The lowest BCUT2D eigenvalue weighted by Gasteiger charge is -2.33. The van der Waals surface area contributed by atoms with Gasteiger partial charge in [-0.1, -0.05) is 13.3 Å². The fourth-order valence-corrected chi connectivity index (χ4v) is 3.75. The molecule has 1 aromatic heterocycles. The molecule has 0 radical (unpaired) electrons. The number of nitrogens with two attached hydrogens (primary N) is 1. The van der Waals surface area contributed by atoms with Gasteiger partial charge in [0, 0.05) is 16.2 Å². The lowest BCUT2D eigenvalue weighted by atomic mass is 9.84. The van der Waals surface area contributed by atoms with E-state index in [9.17, 15) is 0 Å². The van der Waals surface area contributed by atoms with Crippen molar-refractivity contribution in [2.45, 2.75) is 55.7 Å². The second-order valence-electron chi connectivity index (χ2n) is 4.75. The minimum Gasteiger partial charge on any atom is -0.468 e. The van der Waals surface area contributed by atoms with Gasteiger partial charge < -0.3 is 10.2 Å². The zero-order valence-corrected chi connectivity index (χ0v) is 10.9. The normalized spacial score (nSPS) is 30.6. The molecule has 2 N–H and O–H groups in total. The number of aryl methyl sites for hydroxylation is 1. The first kappa shape index (κ1) is 12.1. The molecule has 0 aliphatic heterocycles. The zero-order chi connectivity index (χ0) is 11.5. The van der Waals surface area contributed by atoms with Gasteiger partial charge in [-0.2, -0.15) is 0 Å². The molecule has 0 bridgehead atoms. The summed E-state index contributed by atoms with van der Waals surface area (Å²) in [6.45, 7) is 4.31. The Morgan fingerprint density at radius 3 is 2.94 bits per heavy atom. The summed E-state index contributed by atoms with van der Waals surface area (Å²) in [7, 11) is 0. The fourth-order valence-electron chi connectivity index (χ4n) is 2.40. The molecule has 1 aliphatic rings. The predicted molar refractivity (Wildman–Crippen MR) is 68.7 cm³/mol. The number of thioether (sulfide) groups is 1. The van der Waals surface area contributed by atoms with Crippen molar-refractivity contribution >= 4 is 11.8 Å². The van der Waals surface area contributed by atoms with Gasteiger partial charge >= 0.3 is 0 Å². The molecule has 0 aromatic carbocycles. The Hall–Kier alpha value is -0.410. The molecule has 2 rings (SSSR count). The Labute approximate surface area is 102 Å². The van der Waals surface area contributed by atoms with Gasteiger partial charge in [0.15, 0.2) is 0 Å². The maximum absolute atomic E-state index is 6.21. The third kappa shape index (κ3) is 2.64. The van der Waals surface area contributed by atoms with Crippen molar-refractivity contribution in [2.75, 3.05) is 0 Å². The zero-order valence-electron chi connectivity index (χ0n) is 10.1. The third-order valence-corrected chi connectivity index (χ3v) is 5.14. The van der Waals surface area contributed by atoms with Crippen molar-refractivity contribution in [3.63, 3.8) is 0 Å². The van der Waals surface area contributed by atoms with Crippen molar-refractivity contribution in [1.29, 1.82) is 0 Å². The standard InChI is InChI=1S/C13H21NOS/c1-3-10-4-5-11(14)13(8-10)16-12-6-7-15-9(12)2/h6-7,10-11,13H,3-5,8,14H2,1-2H3. The van der Waals surface area contributed by atoms with E-state index in [0.717, 1.165) is 11.7 Å². The molecule has 3 unspecified atom stereocenters. The summed E-state index contributed by atoms with van der Waals surface area (Å²) >= 11 is 1.91. The lowest BCUT2D eigenvalue weighted by molar-refractivity contribution is 0.327. The molecule has 1 fully saturated rings. The summed E-state index contributed by atoms with van der Waals surface area (Å²) < 4.78 is 5.33. The van der Waals surface area contributed by atoms with E-state index in [0.29, 0.717) is 11.3 Å². The number of hydrogen-bond acceptors (Lipinski definition) is 3. The Kier molecular flexibility index (Phi) is 3.98. The minimum atomic E-state index is 0.349. The molecule has 16 heavy (non-hydrogen) atoms. The molecule has 90 valence electrons. The van der Waals surface area contributed by atoms with Gasteiger partial charge in [-0.15, -0.1) is 11.8 Å². The number of hydrogen-bond donors (Lipinski definition) is 1. The van der Waals surface area contributed by atoms with E-state index >= 15 is 0 Å². The molecule has 1 heterocycles. The van der Waals surface area contributed by atoms with Crippen molar-refractivity contribution in [3.8, 4) is 0 Å². The first-order valence-electron chi connectivity index (χ1n) is 6.17. The van der Waals surface area contributed by atoms with Crippen LogP contribution in [-0.4, -0.2) is 11.3 Å². The van der Waals surface area contributed by atoms with Gasteiger partial charge in [0.1, 0.15) is 5.76 Å². The molecule has 1 aromatic rings. The summed E-state index contributed by atoms with van der Waals surface area (Å²) in [5.41, 5.74) is 6.21. The van der Waals surface area contributed by atoms with Crippen LogP contribution < -0.4 is 5.73 Å². The van der Waals surface area contributed by atoms with E-state index in [-0.39, 0.29) is 0 Å². The maximum Gasteiger partial charge on any atom is 0.114 e. The van der Waals surface area contributed by atoms with Gasteiger partial charge in [0.05, 0.1) is 6.26 Å². The third-order valence-electron chi connectivity index (χ3n) is 3.62. The average Bonchev–Trinajstić information content (AvgIpc) is 2.68. The van der Waals surface area contributed by atoms with Gasteiger partial charge in [-0.05, 0) is 38.2 Å². The summed E-state index contributed by atoms with van der Waals surface area (Å²) in [4.78, 5) is 1.26. The van der Waals surface area contributed by atoms with E-state index in [1.807, 2.05) is 18.7 Å². The first-order chi connectivity index (χ1) is 7.70. The van der Waals surface area contributed by atoms with Crippen LogP contribution in [0.25, 0.3) is 0 Å². The summed E-state index contributed by atoms with van der Waals surface area (Å²) in [5.74, 6) is 1.89. The monoisotopic (exact) mass is 239 g/mol. The molecule has 0 spiro atoms. The van der Waals surface area contributed by atoms with Crippen molar-refractivity contribution in [3.05, 3.63) is 18.1 Å². The van der Waals surface area contributed by atoms with Crippen LogP contribution in [0, 0.1) is 12.8 Å². The molecule has 1 aliphatic carbocycles. The molecular weight excluding hydrogens is 218 g/mol. The Morgan fingerprint density at radius 1 is 1.50 bits per heavy atom. The van der Waals surface area contributed by atoms with Crippen molar-refractivity contribution < 1.29 is 4.42 Å². The molecule has 3 atom stereocenters. The smallest absolute Gasteiger partial charge is 0.114 e. The average molecular weight is 239 g/mol. The van der Waals surface area contributed by atoms with Gasteiger partial charge in [-0.25, -0.2) is 0 Å². The summed E-state index contributed by atoms with van der Waals surface area (Å²) in [6.07, 6.45) is 6.79. The van der Waals surface area contributed by atoms with E-state index in [4.69, 9.17) is 10.2 Å². The fraction of sp³-hybridized carbons (Fsp3) is 0.692. The lowest BCUT2D eigenvalue weighted by Crippen LogP contribution is -2.38. The molecule has 2 nitrogen and oxygen atoms in total. The van der Waals surface area contributed by atoms with Gasteiger partial charge in [0.25, 0.3) is 0 Å². The van der Waals surface area contributed by atoms with Gasteiger partial charge in [0.2, 0.25) is 0 Å². The molecule has 1 saturated carbocycles. The predicted octanol–water partition coefficient (Wildman–Crippen LogP) is 3.59. The highest BCUT2D eigenvalue weighted by Crippen LogP contribution is 2.38. The van der Waals surface area contributed by atoms with Crippen LogP contribution >= 0.6 is 11.8 Å². The Bertz CT molecular complexity index is 336.